The predicted molar refractivity (Wildman–Crippen MR) is 86.2 cm³/mol. The summed E-state index contributed by atoms with van der Waals surface area (Å²) < 4.78 is 4.71. The molecule has 3 heterocycles. The Morgan fingerprint density at radius 1 is 1.52 bits per heavy atom. The van der Waals surface area contributed by atoms with Gasteiger partial charge in [0, 0.05) is 17.9 Å². The van der Waals surface area contributed by atoms with Crippen LogP contribution < -0.4 is 5.32 Å². The van der Waals surface area contributed by atoms with Crippen LogP contribution in [0.15, 0.2) is 6.07 Å². The molecule has 2 fully saturated rings. The molecule has 0 spiro atoms. The zero-order valence-corrected chi connectivity index (χ0v) is 14.1. The number of anilines is 1. The van der Waals surface area contributed by atoms with E-state index in [0.29, 0.717) is 17.9 Å². The minimum Gasteiger partial charge on any atom is -0.464 e. The van der Waals surface area contributed by atoms with Crippen molar-refractivity contribution in [1.29, 1.82) is 0 Å². The van der Waals surface area contributed by atoms with Crippen LogP contribution in [0, 0.1) is 6.92 Å². The van der Waals surface area contributed by atoms with Crippen LogP contribution in [0.4, 0.5) is 5.69 Å². The first-order valence-electron chi connectivity index (χ1n) is 7.40. The molecule has 0 aromatic carbocycles. The highest BCUT2D eigenvalue weighted by Gasteiger charge is 2.52. The molecule has 2 N–H and O–H groups in total. The van der Waals surface area contributed by atoms with E-state index in [4.69, 9.17) is 4.74 Å². The van der Waals surface area contributed by atoms with Crippen molar-refractivity contribution in [2.75, 3.05) is 18.2 Å². The van der Waals surface area contributed by atoms with Crippen molar-refractivity contribution in [3.63, 3.8) is 0 Å². The summed E-state index contributed by atoms with van der Waals surface area (Å²) in [6, 6.07) is 1.16. The van der Waals surface area contributed by atoms with Crippen LogP contribution in [0.5, 0.6) is 0 Å². The van der Waals surface area contributed by atoms with Crippen molar-refractivity contribution in [1.82, 2.24) is 9.88 Å². The summed E-state index contributed by atoms with van der Waals surface area (Å²) >= 11 is 1.63. The smallest absolute Gasteiger partial charge is 0.356 e. The molecule has 3 rings (SSSR count). The summed E-state index contributed by atoms with van der Waals surface area (Å²) in [6.07, 6.45) is 1.24. The molecule has 124 valence electrons. The fraction of sp³-hybridized carbons (Fsp3) is 0.533. The van der Waals surface area contributed by atoms with Gasteiger partial charge in [0.1, 0.15) is 11.7 Å². The van der Waals surface area contributed by atoms with E-state index in [-0.39, 0.29) is 22.4 Å². The van der Waals surface area contributed by atoms with Crippen LogP contribution >= 0.6 is 11.8 Å². The van der Waals surface area contributed by atoms with Crippen LogP contribution in [0.3, 0.4) is 0 Å². The van der Waals surface area contributed by atoms with Gasteiger partial charge in [0.25, 0.3) is 0 Å². The second kappa shape index (κ2) is 5.59. The Balaban J connectivity index is 1.81. The molecule has 2 aliphatic heterocycles. The number of H-pyrrole nitrogens is 1. The molecule has 1 aromatic heterocycles. The molecular weight excluding hydrogens is 318 g/mol. The number of ether oxygens (including phenoxy) is 1. The summed E-state index contributed by atoms with van der Waals surface area (Å²) in [5.74, 6) is -0.251. The Bertz CT molecular complexity index is 686. The monoisotopic (exact) mass is 337 g/mol. The Labute approximate surface area is 138 Å². The molecule has 2 amide bonds. The van der Waals surface area contributed by atoms with Crippen LogP contribution in [-0.2, 0) is 14.3 Å². The van der Waals surface area contributed by atoms with Crippen LogP contribution in [0.2, 0.25) is 0 Å². The number of nitrogens with zero attached hydrogens (tertiary/aromatic N) is 1. The third kappa shape index (κ3) is 2.60. The van der Waals surface area contributed by atoms with Crippen molar-refractivity contribution >= 4 is 35.2 Å². The average Bonchev–Trinajstić information content (AvgIpc) is 3.12. The third-order valence-corrected chi connectivity index (χ3v) is 5.85. The van der Waals surface area contributed by atoms with Crippen LogP contribution in [0.1, 0.15) is 35.9 Å². The van der Waals surface area contributed by atoms with Crippen molar-refractivity contribution in [2.45, 2.75) is 37.6 Å². The van der Waals surface area contributed by atoms with E-state index in [1.807, 2.05) is 6.92 Å². The summed E-state index contributed by atoms with van der Waals surface area (Å²) in [5.41, 5.74) is 1.33. The number of esters is 1. The van der Waals surface area contributed by atoms with Gasteiger partial charge in [-0.05, 0) is 26.3 Å². The largest absolute Gasteiger partial charge is 0.464 e. The summed E-state index contributed by atoms with van der Waals surface area (Å²) in [6.45, 7) is 3.78. The number of aromatic nitrogens is 1. The molecule has 2 atom stereocenters. The predicted octanol–water partition coefficient (Wildman–Crippen LogP) is 1.50. The van der Waals surface area contributed by atoms with Crippen molar-refractivity contribution in [2.24, 2.45) is 0 Å². The standard InChI is InChI=1S/C15H19N3O4S/c1-8-6-9(12(16-8)14(21)22-3)17-13(20)10-7-23-15(2)5-4-11(19)18(10)15/h6,10,16H,4-5,7H2,1-3H3,(H,17,20)/t10-,15+/m1/s1. The summed E-state index contributed by atoms with van der Waals surface area (Å²) in [4.78, 5) is 40.8. The lowest BCUT2D eigenvalue weighted by Crippen LogP contribution is -2.48. The molecule has 0 unspecified atom stereocenters. The molecule has 2 aliphatic rings. The maximum Gasteiger partial charge on any atom is 0.356 e. The highest BCUT2D eigenvalue weighted by atomic mass is 32.2. The van der Waals surface area contributed by atoms with Gasteiger partial charge in [-0.25, -0.2) is 4.79 Å². The second-order valence-corrected chi connectivity index (χ2v) is 7.49. The number of hydrogen-bond donors (Lipinski definition) is 2. The average molecular weight is 337 g/mol. The van der Waals surface area contributed by atoms with E-state index in [1.165, 1.54) is 7.11 Å². The number of aromatic amines is 1. The molecule has 0 radical (unpaired) electrons. The van der Waals surface area contributed by atoms with Gasteiger partial charge in [-0.1, -0.05) is 0 Å². The zero-order chi connectivity index (χ0) is 16.8. The minimum absolute atomic E-state index is 0.0103. The maximum atomic E-state index is 12.6. The van der Waals surface area contributed by atoms with Gasteiger partial charge < -0.3 is 19.9 Å². The molecule has 8 heteroatoms. The SMILES string of the molecule is COC(=O)c1[nH]c(C)cc1NC(=O)[C@H]1CS[C@@]2(C)CCC(=O)N12. The maximum absolute atomic E-state index is 12.6. The van der Waals surface area contributed by atoms with E-state index in [1.54, 1.807) is 29.7 Å². The minimum atomic E-state index is -0.545. The Morgan fingerprint density at radius 2 is 2.26 bits per heavy atom. The van der Waals surface area contributed by atoms with Gasteiger partial charge in [-0.3, -0.25) is 9.59 Å². The van der Waals surface area contributed by atoms with E-state index in [9.17, 15) is 14.4 Å². The number of thioether (sulfide) groups is 1. The number of methoxy groups -OCH3 is 1. The molecule has 23 heavy (non-hydrogen) atoms. The number of carbonyl (C=O) groups is 3. The lowest BCUT2D eigenvalue weighted by Gasteiger charge is -2.29. The molecule has 7 nitrogen and oxygen atoms in total. The molecule has 0 aliphatic carbocycles. The van der Waals surface area contributed by atoms with Gasteiger partial charge in [0.15, 0.2) is 0 Å². The number of nitrogens with one attached hydrogen (secondary N) is 2. The fourth-order valence-corrected chi connectivity index (χ4v) is 4.61. The topological polar surface area (TPSA) is 91.5 Å². The van der Waals surface area contributed by atoms with Gasteiger partial charge in [-0.15, -0.1) is 11.8 Å². The fourth-order valence-electron chi connectivity index (χ4n) is 3.18. The van der Waals surface area contributed by atoms with Crippen LogP contribution in [-0.4, -0.2) is 51.4 Å². The van der Waals surface area contributed by atoms with Gasteiger partial charge in [0.2, 0.25) is 11.8 Å². The summed E-state index contributed by atoms with van der Waals surface area (Å²) in [7, 11) is 1.28. The first-order valence-corrected chi connectivity index (χ1v) is 8.39. The van der Waals surface area contributed by atoms with E-state index < -0.39 is 12.0 Å². The second-order valence-electron chi connectivity index (χ2n) is 5.99. The third-order valence-electron chi connectivity index (χ3n) is 4.35. The Kier molecular flexibility index (Phi) is 3.87. The number of amides is 2. The van der Waals surface area contributed by atoms with Gasteiger partial charge in [-0.2, -0.15) is 0 Å². The number of fused-ring (bicyclic) bond motifs is 1. The molecular formula is C15H19N3O4S. The molecule has 1 aromatic rings. The number of aryl methyl sites for hydroxylation is 1. The van der Waals surface area contributed by atoms with Crippen molar-refractivity contribution in [3.8, 4) is 0 Å². The van der Waals surface area contributed by atoms with Gasteiger partial charge in [0.05, 0.1) is 17.7 Å². The Morgan fingerprint density at radius 3 is 2.96 bits per heavy atom. The molecule has 2 saturated heterocycles. The number of rotatable bonds is 3. The van der Waals surface area contributed by atoms with Crippen molar-refractivity contribution < 1.29 is 19.1 Å². The lowest BCUT2D eigenvalue weighted by molar-refractivity contribution is -0.135. The van der Waals surface area contributed by atoms with Gasteiger partial charge >= 0.3 is 5.97 Å². The number of carbonyl (C=O) groups excluding carboxylic acids is 3. The lowest BCUT2D eigenvalue weighted by atomic mass is 10.2. The van der Waals surface area contributed by atoms with E-state index >= 15 is 0 Å². The Hall–Kier alpha value is -1.96. The molecule has 0 saturated carbocycles. The highest BCUT2D eigenvalue weighted by molar-refractivity contribution is 8.01. The molecule has 0 bridgehead atoms. The normalized spacial score (nSPS) is 26.3. The zero-order valence-electron chi connectivity index (χ0n) is 13.3. The van der Waals surface area contributed by atoms with Crippen molar-refractivity contribution in [3.05, 3.63) is 17.5 Å². The first-order chi connectivity index (χ1) is 10.9. The van der Waals surface area contributed by atoms with Crippen LogP contribution in [0.25, 0.3) is 0 Å². The van der Waals surface area contributed by atoms with E-state index in [0.717, 1.165) is 12.1 Å². The van der Waals surface area contributed by atoms with E-state index in [2.05, 4.69) is 10.3 Å². The highest BCUT2D eigenvalue weighted by Crippen LogP contribution is 2.47. The number of hydrogen-bond acceptors (Lipinski definition) is 5. The summed E-state index contributed by atoms with van der Waals surface area (Å²) in [5, 5.41) is 2.76. The quantitative estimate of drug-likeness (QED) is 0.816. The first kappa shape index (κ1) is 15.9.